The van der Waals surface area contributed by atoms with E-state index in [1.165, 1.54) is 19.3 Å². The van der Waals surface area contributed by atoms with E-state index in [4.69, 9.17) is 23.3 Å². The van der Waals surface area contributed by atoms with Crippen molar-refractivity contribution >= 4 is 25.7 Å². The summed E-state index contributed by atoms with van der Waals surface area (Å²) in [5.41, 5.74) is 0. The Labute approximate surface area is 461 Å². The van der Waals surface area contributed by atoms with Gasteiger partial charge in [0.05, 0.1) is 19.8 Å². The van der Waals surface area contributed by atoms with E-state index in [1.54, 1.807) is 0 Å². The molecule has 11 nitrogen and oxygen atoms in total. The zero-order valence-corrected chi connectivity index (χ0v) is 48.3. The second-order valence-electron chi connectivity index (χ2n) is 18.7. The van der Waals surface area contributed by atoms with Crippen LogP contribution in [0.5, 0.6) is 0 Å². The van der Waals surface area contributed by atoms with Crippen LogP contribution in [0, 0.1) is 0 Å². The van der Waals surface area contributed by atoms with Gasteiger partial charge in [-0.15, -0.1) is 0 Å². The van der Waals surface area contributed by atoms with Gasteiger partial charge in [0.15, 0.2) is 6.10 Å². The summed E-state index contributed by atoms with van der Waals surface area (Å²) in [6.07, 6.45) is 71.3. The maximum absolute atomic E-state index is 12.9. The average Bonchev–Trinajstić information content (AvgIpc) is 3.41. The predicted molar refractivity (Wildman–Crippen MR) is 316 cm³/mol. The van der Waals surface area contributed by atoms with Gasteiger partial charge in [0.1, 0.15) is 12.7 Å². The second-order valence-corrected chi connectivity index (χ2v) is 20.1. The molecule has 0 aliphatic carbocycles. The van der Waals surface area contributed by atoms with Gasteiger partial charge >= 0.3 is 25.7 Å². The molecule has 0 aliphatic heterocycles. The molecule has 0 aromatic rings. The van der Waals surface area contributed by atoms with E-state index in [1.807, 2.05) is 12.2 Å². The Balaban J connectivity index is 4.88. The molecule has 0 saturated carbocycles. The van der Waals surface area contributed by atoms with E-state index in [2.05, 4.69) is 142 Å². The minimum atomic E-state index is -4.78. The molecule has 0 bridgehead atoms. The normalized spacial score (nSPS) is 14.3. The van der Waals surface area contributed by atoms with Gasteiger partial charge in [-0.1, -0.05) is 199 Å². The molecule has 0 rings (SSSR count). The number of ether oxygens (including phenoxy) is 3. The molecule has 0 radical (unpaired) electrons. The first-order valence-corrected chi connectivity index (χ1v) is 30.6. The Morgan fingerprint density at radius 2 is 0.697 bits per heavy atom. The fourth-order valence-corrected chi connectivity index (χ4v) is 7.96. The lowest BCUT2D eigenvalue weighted by Gasteiger charge is -2.21. The van der Waals surface area contributed by atoms with Gasteiger partial charge in [0.2, 0.25) is 0 Å². The molecule has 0 aromatic heterocycles. The lowest BCUT2D eigenvalue weighted by atomic mass is 10.1. The molecule has 0 amide bonds. The molecule has 0 fully saturated rings. The molecule has 430 valence electrons. The van der Waals surface area contributed by atoms with Crippen molar-refractivity contribution in [2.45, 2.75) is 226 Å². The number of carbonyl (C=O) groups is 3. The quantitative estimate of drug-likeness (QED) is 0.0197. The van der Waals surface area contributed by atoms with Crippen molar-refractivity contribution in [3.05, 3.63) is 134 Å². The summed E-state index contributed by atoms with van der Waals surface area (Å²) in [6.45, 7) is 4.26. The minimum absolute atomic E-state index is 0.0751. The lowest BCUT2D eigenvalue weighted by molar-refractivity contribution is -0.161. The molecular formula is C64H103O11P. The first kappa shape index (κ1) is 71.6. The number of phosphoric acid groups is 1. The van der Waals surface area contributed by atoms with Crippen LogP contribution in [0.1, 0.15) is 213 Å². The highest BCUT2D eigenvalue weighted by molar-refractivity contribution is 7.47. The summed E-state index contributed by atoms with van der Waals surface area (Å²) in [6, 6.07) is 0. The maximum atomic E-state index is 12.9. The molecule has 76 heavy (non-hydrogen) atoms. The molecular weight excluding hydrogens is 976 g/mol. The van der Waals surface area contributed by atoms with E-state index in [-0.39, 0.29) is 25.9 Å². The number of esters is 3. The first-order chi connectivity index (χ1) is 37.2. The third kappa shape index (κ3) is 54.4. The Kier molecular flexibility index (Phi) is 53.5. The Bertz CT molecular complexity index is 1780. The van der Waals surface area contributed by atoms with Crippen LogP contribution in [0.3, 0.4) is 0 Å². The number of phosphoric ester groups is 1. The molecule has 0 spiro atoms. The fourth-order valence-electron chi connectivity index (χ4n) is 7.18. The van der Waals surface area contributed by atoms with Crippen LogP contribution >= 0.6 is 7.82 Å². The number of unbranched alkanes of at least 4 members (excludes halogenated alkanes) is 13. The van der Waals surface area contributed by atoms with Crippen molar-refractivity contribution in [3.63, 3.8) is 0 Å². The monoisotopic (exact) mass is 1080 g/mol. The molecule has 12 heteroatoms. The van der Waals surface area contributed by atoms with Crippen LogP contribution in [-0.2, 0) is 42.2 Å². The molecule has 3 unspecified atom stereocenters. The Hall–Kier alpha value is -4.38. The summed E-state index contributed by atoms with van der Waals surface area (Å²) >= 11 is 0. The number of carbonyl (C=O) groups excluding carboxylic acids is 3. The summed E-state index contributed by atoms with van der Waals surface area (Å²) in [5, 5.41) is 9.82. The number of hydrogen-bond donors (Lipinski definition) is 2. The van der Waals surface area contributed by atoms with Gasteiger partial charge in [-0.25, -0.2) is 4.57 Å². The van der Waals surface area contributed by atoms with Crippen molar-refractivity contribution < 1.29 is 52.2 Å². The summed E-state index contributed by atoms with van der Waals surface area (Å²) < 4.78 is 39.4. The van der Waals surface area contributed by atoms with Gasteiger partial charge in [0, 0.05) is 19.3 Å². The van der Waals surface area contributed by atoms with Crippen LogP contribution in [0.15, 0.2) is 134 Å². The Morgan fingerprint density at radius 1 is 0.382 bits per heavy atom. The predicted octanol–water partition coefficient (Wildman–Crippen LogP) is 17.4. The van der Waals surface area contributed by atoms with E-state index >= 15 is 0 Å². The number of allylic oxidation sites excluding steroid dienone is 22. The van der Waals surface area contributed by atoms with Crippen LogP contribution in [0.2, 0.25) is 0 Å². The number of aliphatic hydroxyl groups is 1. The van der Waals surface area contributed by atoms with Gasteiger partial charge in [-0.2, -0.15) is 0 Å². The number of rotatable bonds is 52. The average molecular weight is 1080 g/mol. The number of aliphatic hydroxyl groups excluding tert-OH is 1. The molecule has 0 heterocycles. The van der Waals surface area contributed by atoms with Crippen molar-refractivity contribution in [1.82, 2.24) is 0 Å². The highest BCUT2D eigenvalue weighted by Crippen LogP contribution is 2.43. The molecule has 2 N–H and O–H groups in total. The van der Waals surface area contributed by atoms with Gasteiger partial charge < -0.3 is 24.2 Å². The third-order valence-electron chi connectivity index (χ3n) is 11.5. The third-order valence-corrected chi connectivity index (χ3v) is 12.5. The highest BCUT2D eigenvalue weighted by atomic mass is 31.2. The van der Waals surface area contributed by atoms with Crippen LogP contribution in [0.25, 0.3) is 0 Å². The zero-order valence-electron chi connectivity index (χ0n) is 47.4. The van der Waals surface area contributed by atoms with E-state index < -0.39 is 57.8 Å². The topological polar surface area (TPSA) is 155 Å². The SMILES string of the molecule is CC/C=C\C/C=C\C/C=C\C/C=C\C/C=C\CCCC(=O)OC(COC(=O)CCCCCC/C=C\C/C=C\C/C=C\C/C=C\CC)COP(=O)(O)OCC(CO)OC(=O)CCCCCCC/C=C\C/C=C\CCCCC. The van der Waals surface area contributed by atoms with Crippen LogP contribution < -0.4 is 0 Å². The summed E-state index contributed by atoms with van der Waals surface area (Å²) in [7, 11) is -4.78. The van der Waals surface area contributed by atoms with Gasteiger partial charge in [0.25, 0.3) is 0 Å². The fraction of sp³-hybridized carbons (Fsp3) is 0.609. The largest absolute Gasteiger partial charge is 0.472 e. The summed E-state index contributed by atoms with van der Waals surface area (Å²) in [5.74, 6) is -1.59. The van der Waals surface area contributed by atoms with Crippen LogP contribution in [0.4, 0.5) is 0 Å². The molecule has 0 aromatic carbocycles. The molecule has 3 atom stereocenters. The standard InChI is InChI=1S/C64H103O11P/c1-4-7-10-13-16-19-22-25-28-30-33-35-38-41-44-47-50-53-62(66)71-57-61(75-64(68)55-52-49-46-43-40-37-34-31-29-26-23-20-17-14-11-8-5-2)59-73-76(69,70)72-58-60(56-65)74-63(67)54-51-48-45-42-39-36-32-27-24-21-18-15-12-9-6-3/h7-8,10-11,16-21,25-29,32-35,37,43,46,60-61,65H,4-6,9,12-15,22-24,30-31,36,38-42,44-45,47-59H2,1-3H3,(H,69,70)/b10-7-,11-8-,19-16-,20-17-,21-18-,28-25-,29-26-,32-27-,35-33-,37-34-,46-43-. The highest BCUT2D eigenvalue weighted by Gasteiger charge is 2.28. The molecule has 0 aliphatic rings. The van der Waals surface area contributed by atoms with Crippen molar-refractivity contribution in [3.8, 4) is 0 Å². The van der Waals surface area contributed by atoms with E-state index in [0.717, 1.165) is 128 Å². The van der Waals surface area contributed by atoms with Gasteiger partial charge in [-0.05, 0) is 128 Å². The maximum Gasteiger partial charge on any atom is 0.472 e. The number of hydrogen-bond acceptors (Lipinski definition) is 10. The van der Waals surface area contributed by atoms with Crippen molar-refractivity contribution in [1.29, 1.82) is 0 Å². The smallest absolute Gasteiger partial charge is 0.462 e. The van der Waals surface area contributed by atoms with Crippen LogP contribution in [-0.4, -0.2) is 66.5 Å². The second kappa shape index (κ2) is 56.8. The van der Waals surface area contributed by atoms with Crippen molar-refractivity contribution in [2.75, 3.05) is 26.4 Å². The molecule has 0 saturated heterocycles. The zero-order chi connectivity index (χ0) is 55.5. The lowest BCUT2D eigenvalue weighted by Crippen LogP contribution is -2.30. The first-order valence-electron chi connectivity index (χ1n) is 29.1. The minimum Gasteiger partial charge on any atom is -0.462 e. The summed E-state index contributed by atoms with van der Waals surface area (Å²) in [4.78, 5) is 48.6. The van der Waals surface area contributed by atoms with Gasteiger partial charge in [-0.3, -0.25) is 23.4 Å². The van der Waals surface area contributed by atoms with E-state index in [9.17, 15) is 28.9 Å². The Morgan fingerprint density at radius 3 is 1.11 bits per heavy atom. The van der Waals surface area contributed by atoms with E-state index in [0.29, 0.717) is 25.7 Å². The van der Waals surface area contributed by atoms with Crippen molar-refractivity contribution in [2.24, 2.45) is 0 Å².